The van der Waals surface area contributed by atoms with E-state index in [0.29, 0.717) is 11.1 Å². The van der Waals surface area contributed by atoms with Crippen LogP contribution >= 0.6 is 0 Å². The Morgan fingerprint density at radius 1 is 0.294 bits per heavy atom. The van der Waals surface area contributed by atoms with Gasteiger partial charge in [-0.3, -0.25) is 58.0 Å². The van der Waals surface area contributed by atoms with Crippen molar-refractivity contribution in [2.75, 3.05) is 0 Å². The van der Waals surface area contributed by atoms with Crippen LogP contribution < -0.4 is 0 Å². The number of phenols is 3. The van der Waals surface area contributed by atoms with Gasteiger partial charge in [-0.05, 0) is 99.2 Å². The van der Waals surface area contributed by atoms with Crippen LogP contribution in [0.15, 0.2) is 78.9 Å². The molecule has 27 nitrogen and oxygen atoms in total. The number of benzene rings is 4. The summed E-state index contributed by atoms with van der Waals surface area (Å²) in [6.07, 6.45) is -7.84. The predicted octanol–water partition coefficient (Wildman–Crippen LogP) is 8.57. The Labute approximate surface area is 722 Å². The number of aliphatic hydroxyl groups is 10. The van der Waals surface area contributed by atoms with Gasteiger partial charge in [0.05, 0.1) is 62.6 Å². The van der Waals surface area contributed by atoms with Crippen LogP contribution in [-0.4, -0.2) is 200 Å². The Bertz CT molecular complexity index is 3430. The number of phenolic OH excluding ortho intramolecular Hbond substituents is 3. The molecule has 4 aliphatic rings. The number of aliphatic hydroxyl groups excluding tert-OH is 5. The second-order valence-electron chi connectivity index (χ2n) is 30.6. The van der Waals surface area contributed by atoms with Crippen LogP contribution in [0.2, 0.25) is 0 Å². The molecule has 4 aromatic rings. The fraction of sp³-hybridized carbons (Fsp3) is 0.487. The van der Waals surface area contributed by atoms with Crippen molar-refractivity contribution in [1.29, 1.82) is 0 Å². The van der Waals surface area contributed by atoms with Crippen molar-refractivity contribution in [3.05, 3.63) is 168 Å². The number of aliphatic carboxylic acids is 1. The third-order valence-electron chi connectivity index (χ3n) is 16.8. The van der Waals surface area contributed by atoms with Crippen LogP contribution in [0.5, 0.6) is 17.2 Å². The van der Waals surface area contributed by atoms with E-state index in [4.69, 9.17) is 20.4 Å². The first-order valence-electron chi connectivity index (χ1n) is 31.0. The topological polar surface area (TPSA) is 450 Å². The third-order valence-corrected chi connectivity index (χ3v) is 16.8. The van der Waals surface area contributed by atoms with Crippen molar-refractivity contribution >= 4 is 53.2 Å². The summed E-state index contributed by atoms with van der Waals surface area (Å²) in [5.74, 6) is -6.50. The zero-order chi connectivity index (χ0) is 75.4. The quantitative estimate of drug-likeness (QED) is 0.0306. The van der Waals surface area contributed by atoms with Crippen LogP contribution in [-0.2, 0) is 122 Å². The molecule has 632 valence electrons. The predicted molar refractivity (Wildman–Crippen MR) is 390 cm³/mol. The van der Waals surface area contributed by atoms with Crippen molar-refractivity contribution in [3.63, 3.8) is 0 Å². The van der Waals surface area contributed by atoms with Crippen LogP contribution in [0.3, 0.4) is 0 Å². The van der Waals surface area contributed by atoms with Gasteiger partial charge in [-0.2, -0.15) is 0 Å². The molecule has 4 radical (unpaired) electrons. The summed E-state index contributed by atoms with van der Waals surface area (Å²) in [4.78, 5) is 113. The number of imide groups is 4. The normalized spacial score (nSPS) is 14.8. The van der Waals surface area contributed by atoms with E-state index in [-0.39, 0.29) is 235 Å². The number of fused-ring (bicyclic) bond motifs is 4. The number of carboxylic acids is 1. The fourth-order valence-corrected chi connectivity index (χ4v) is 10.6. The molecule has 4 aliphatic heterocycles. The largest absolute Gasteiger partial charge is 3.00 e. The number of rotatable bonds is 10. The third kappa shape index (κ3) is 31.1. The van der Waals surface area contributed by atoms with E-state index >= 15 is 0 Å². The number of nitrogens with zero attached hydrogens (tertiary/aromatic N) is 4. The summed E-state index contributed by atoms with van der Waals surface area (Å²) in [6.45, 7) is 36.0. The van der Waals surface area contributed by atoms with Gasteiger partial charge >= 0.3 is 44.9 Å². The minimum atomic E-state index is -1.84. The van der Waals surface area contributed by atoms with Gasteiger partial charge in [0.25, 0.3) is 47.3 Å². The van der Waals surface area contributed by atoms with Crippen LogP contribution in [0.1, 0.15) is 221 Å². The second-order valence-corrected chi connectivity index (χ2v) is 30.6. The molecular weight excluding hydrogens is 1950 g/mol. The second kappa shape index (κ2) is 48.8. The van der Waals surface area contributed by atoms with Crippen molar-refractivity contribution in [2.45, 2.75) is 194 Å². The van der Waals surface area contributed by atoms with E-state index < -0.39 is 131 Å². The van der Waals surface area contributed by atoms with Gasteiger partial charge in [0.2, 0.25) is 0 Å². The van der Waals surface area contributed by atoms with Gasteiger partial charge in [-0.25, -0.2) is 4.79 Å². The Kier molecular flexibility index (Phi) is 56.1. The first-order valence-corrected chi connectivity index (χ1v) is 31.0. The first-order chi connectivity index (χ1) is 43.9. The molecule has 14 N–H and O–H groups in total. The number of carbonyl (C=O) groups is 9. The molecule has 109 heavy (non-hydrogen) atoms. The number of aromatic hydroxyl groups is 3. The summed E-state index contributed by atoms with van der Waals surface area (Å²) < 4.78 is 0. The molecule has 33 heteroatoms. The minimum absolute atomic E-state index is 0. The Balaban J connectivity index is -0.000000135. The van der Waals surface area contributed by atoms with Gasteiger partial charge in [0, 0.05) is 89.7 Å². The van der Waals surface area contributed by atoms with E-state index in [0.717, 1.165) is 19.6 Å². The molecule has 0 fully saturated rings. The van der Waals surface area contributed by atoms with Gasteiger partial charge < -0.3 is 116 Å². The molecule has 0 spiro atoms. The standard InChI is InChI=1S/2C14H17NO5.C14H15NO5.C14H17NO4.2C7H16O2.6CH3.6Rh/c3*1-14(2,3)10(13(19)20)15-11(17)8-5-4-7(16)6-9(8)12(15)18;1-14(2,3)10(13(18)19)15-11(16)8-6-4-5-7-9(8)12(15)17;2*1-5(6(8)9)7(2,3)4;;;;;;;;;;;;/h2*4-6,10,13,16,19-20H,1-3H3;4-6,10,16H,1-3H3,(H,19,20);4-7,10,13,18-19H,1-3H3;2*5-6,8-9H,1-4H3;6*1H3;;;;;;/q;;;;;;6*-1;;;;;2*+3/t4*10-;2*5-;;;;;;;;;;;;/m111111............/s1. The van der Waals surface area contributed by atoms with Gasteiger partial charge in [-0.15, -0.1) is 0 Å². The molecule has 0 saturated carbocycles. The smallest absolute Gasteiger partial charge is 0.508 e. The Morgan fingerprint density at radius 2 is 0.477 bits per heavy atom. The van der Waals surface area contributed by atoms with Gasteiger partial charge in [-0.1, -0.05) is 151 Å². The number of amides is 8. The molecule has 0 bridgehead atoms. The van der Waals surface area contributed by atoms with Crippen LogP contribution in [0.4, 0.5) is 0 Å². The van der Waals surface area contributed by atoms with Crippen molar-refractivity contribution in [3.8, 4) is 17.2 Å². The first kappa shape index (κ1) is 125. The van der Waals surface area contributed by atoms with E-state index in [1.54, 1.807) is 107 Å². The monoisotopic (exact) mass is 2070 g/mol. The molecule has 0 aromatic heterocycles. The molecule has 8 rings (SSSR count). The summed E-state index contributed by atoms with van der Waals surface area (Å²) in [5.41, 5.74) is -1.67. The number of hydrogen-bond acceptors (Lipinski definition) is 22. The van der Waals surface area contributed by atoms with E-state index in [9.17, 15) is 94.2 Å². The summed E-state index contributed by atoms with van der Waals surface area (Å²) >= 11 is 0. The Morgan fingerprint density at radius 3 is 0.633 bits per heavy atom. The SMILES string of the molecule is CC(C)(C)[C@@H](C(=O)O)N1C(=O)c2ccc(O)cc2C1=O.CC(C)(C)[C@@H](C(O)O)N1C(=O)c2ccc(O)cc2C1=O.CC(C)(C)[C@@H](C(O)O)N1C(=O)c2ccc(O)cc2C1=O.CC(C)(C)[C@@H](C(O)O)N1C(=O)c2ccccc2C1=O.C[C@H](C(O)O)C(C)(C)C.C[C@H](C(O)O)C(C)(C)C.[CH3-].[CH3-].[CH3-].[CH3-].[CH3-].[CH3-].[Rh+3].[Rh+3].[Rh].[Rh].[Rh].[Rh]. The molecule has 0 aliphatic carbocycles. The summed E-state index contributed by atoms with van der Waals surface area (Å²) in [7, 11) is 0. The average molecular weight is 2070 g/mol. The molecule has 4 aromatic carbocycles. The molecule has 0 unspecified atom stereocenters. The van der Waals surface area contributed by atoms with E-state index in [1.165, 1.54) is 54.6 Å². The Hall–Kier alpha value is -4.35. The number of hydrogen-bond donors (Lipinski definition) is 14. The fourth-order valence-electron chi connectivity index (χ4n) is 10.6. The maximum atomic E-state index is 12.3. The molecule has 0 saturated heterocycles. The average Bonchev–Trinajstić information content (AvgIpc) is 1.63. The van der Waals surface area contributed by atoms with Crippen LogP contribution in [0.25, 0.3) is 0 Å². The zero-order valence-corrected chi connectivity index (χ0v) is 76.4. The number of carboxylic acid groups (broad SMARTS) is 1. The van der Waals surface area contributed by atoms with Gasteiger partial charge in [0.15, 0.2) is 31.5 Å². The minimum Gasteiger partial charge on any atom is -0.508 e. The van der Waals surface area contributed by atoms with Crippen molar-refractivity contribution in [2.24, 2.45) is 44.3 Å². The van der Waals surface area contributed by atoms with Crippen LogP contribution in [0, 0.1) is 88.9 Å². The number of carbonyl (C=O) groups excluding carboxylic acids is 8. The van der Waals surface area contributed by atoms with Gasteiger partial charge in [0.1, 0.15) is 23.3 Å². The zero-order valence-electron chi connectivity index (χ0n) is 66.6. The van der Waals surface area contributed by atoms with E-state index in [2.05, 4.69) is 0 Å². The maximum Gasteiger partial charge on any atom is 3.00 e. The molecule has 6 atom stereocenters. The molecular formula is C76H116N4O23Rh6. The summed E-state index contributed by atoms with van der Waals surface area (Å²) in [5, 5.41) is 130. The van der Waals surface area contributed by atoms with Crippen molar-refractivity contribution < 1.29 is 232 Å². The molecule has 4 heterocycles. The maximum absolute atomic E-state index is 12.3. The van der Waals surface area contributed by atoms with E-state index in [1.807, 2.05) is 55.4 Å². The summed E-state index contributed by atoms with van der Waals surface area (Å²) in [6, 6.07) is 13.6. The van der Waals surface area contributed by atoms with Crippen molar-refractivity contribution in [1.82, 2.24) is 19.6 Å². The molecule has 8 amide bonds.